The number of rotatable bonds is 2. The molecule has 2 rings (SSSR count). The van der Waals surface area contributed by atoms with E-state index in [9.17, 15) is 4.79 Å². The highest BCUT2D eigenvalue weighted by Crippen LogP contribution is 2.35. The smallest absolute Gasteiger partial charge is 0.161 e. The number of Topliss-reactive ketones (excluding diaryl/α,β-unsaturated/α-hetero) is 1. The van der Waals surface area contributed by atoms with E-state index in [1.165, 1.54) is 6.42 Å². The summed E-state index contributed by atoms with van der Waals surface area (Å²) in [6.45, 7) is 8.24. The first-order valence-corrected chi connectivity index (χ1v) is 6.74. The van der Waals surface area contributed by atoms with E-state index in [1.54, 1.807) is 6.92 Å². The van der Waals surface area contributed by atoms with Crippen LogP contribution in [0.1, 0.15) is 37.6 Å². The average Bonchev–Trinajstić information content (AvgIpc) is 2.58. The summed E-state index contributed by atoms with van der Waals surface area (Å²) in [5.74, 6) is 0.131. The lowest BCUT2D eigenvalue weighted by Gasteiger charge is -2.23. The molecule has 0 N–H and O–H groups in total. The number of halogens is 1. The maximum atomic E-state index is 11.7. The molecule has 92 valence electrons. The molecule has 1 aliphatic rings. The number of hydrogen-bond acceptors (Lipinski definition) is 2. The van der Waals surface area contributed by atoms with Gasteiger partial charge in [-0.3, -0.25) is 4.79 Å². The molecule has 1 aromatic rings. The van der Waals surface area contributed by atoms with Gasteiger partial charge in [-0.05, 0) is 37.0 Å². The SMILES string of the molecule is CC(=O)c1cc(Br)ccc1N1CCC(C)(C)C1. The first kappa shape index (κ1) is 12.6. The molecule has 0 bridgehead atoms. The van der Waals surface area contributed by atoms with E-state index in [-0.39, 0.29) is 5.78 Å². The molecule has 3 heteroatoms. The molecule has 0 spiro atoms. The van der Waals surface area contributed by atoms with E-state index >= 15 is 0 Å². The zero-order valence-corrected chi connectivity index (χ0v) is 12.2. The van der Waals surface area contributed by atoms with Crippen LogP contribution in [-0.4, -0.2) is 18.9 Å². The van der Waals surface area contributed by atoms with Gasteiger partial charge in [-0.15, -0.1) is 0 Å². The lowest BCUT2D eigenvalue weighted by atomic mass is 9.93. The van der Waals surface area contributed by atoms with Crippen molar-refractivity contribution >= 4 is 27.4 Å². The molecule has 1 aliphatic heterocycles. The molecular weight excluding hydrogens is 278 g/mol. The van der Waals surface area contributed by atoms with Crippen LogP contribution in [0, 0.1) is 5.41 Å². The van der Waals surface area contributed by atoms with Crippen molar-refractivity contribution in [1.29, 1.82) is 0 Å². The van der Waals surface area contributed by atoms with E-state index in [4.69, 9.17) is 0 Å². The van der Waals surface area contributed by atoms with Crippen molar-refractivity contribution < 1.29 is 4.79 Å². The first-order valence-electron chi connectivity index (χ1n) is 5.94. The van der Waals surface area contributed by atoms with Gasteiger partial charge in [0, 0.05) is 28.8 Å². The number of benzene rings is 1. The summed E-state index contributed by atoms with van der Waals surface area (Å²) in [6.07, 6.45) is 1.18. The lowest BCUT2D eigenvalue weighted by Crippen LogP contribution is -2.24. The minimum atomic E-state index is 0.131. The van der Waals surface area contributed by atoms with Gasteiger partial charge >= 0.3 is 0 Å². The Morgan fingerprint density at radius 3 is 2.65 bits per heavy atom. The quantitative estimate of drug-likeness (QED) is 0.772. The van der Waals surface area contributed by atoms with Crippen LogP contribution < -0.4 is 4.90 Å². The molecule has 0 aliphatic carbocycles. The summed E-state index contributed by atoms with van der Waals surface area (Å²) in [7, 11) is 0. The van der Waals surface area contributed by atoms with Gasteiger partial charge in [0.1, 0.15) is 0 Å². The molecule has 1 fully saturated rings. The van der Waals surface area contributed by atoms with Gasteiger partial charge in [0.2, 0.25) is 0 Å². The second-order valence-corrected chi connectivity index (χ2v) is 6.47. The van der Waals surface area contributed by atoms with Crippen LogP contribution in [0.3, 0.4) is 0 Å². The number of nitrogens with zero attached hydrogens (tertiary/aromatic N) is 1. The van der Waals surface area contributed by atoms with E-state index in [1.807, 2.05) is 18.2 Å². The van der Waals surface area contributed by atoms with Gasteiger partial charge in [0.25, 0.3) is 0 Å². The van der Waals surface area contributed by atoms with Crippen molar-refractivity contribution in [1.82, 2.24) is 0 Å². The Kier molecular flexibility index (Phi) is 3.30. The van der Waals surface area contributed by atoms with E-state index in [0.717, 1.165) is 28.8 Å². The Hall–Kier alpha value is -0.830. The number of anilines is 1. The highest BCUT2D eigenvalue weighted by molar-refractivity contribution is 9.10. The molecule has 1 heterocycles. The average molecular weight is 296 g/mol. The Morgan fingerprint density at radius 2 is 2.12 bits per heavy atom. The Bertz CT molecular complexity index is 454. The fourth-order valence-electron chi connectivity index (χ4n) is 2.38. The largest absolute Gasteiger partial charge is 0.370 e. The third-order valence-electron chi connectivity index (χ3n) is 3.36. The normalized spacial score (nSPS) is 18.5. The number of carbonyl (C=O) groups excluding carboxylic acids is 1. The van der Waals surface area contributed by atoms with Crippen molar-refractivity contribution in [2.45, 2.75) is 27.2 Å². The topological polar surface area (TPSA) is 20.3 Å². The fraction of sp³-hybridized carbons (Fsp3) is 0.500. The maximum Gasteiger partial charge on any atom is 0.161 e. The predicted octanol–water partition coefficient (Wildman–Crippen LogP) is 3.89. The van der Waals surface area contributed by atoms with E-state index < -0.39 is 0 Å². The molecule has 0 atom stereocenters. The van der Waals surface area contributed by atoms with Gasteiger partial charge in [-0.2, -0.15) is 0 Å². The molecule has 2 nitrogen and oxygen atoms in total. The predicted molar refractivity (Wildman–Crippen MR) is 74.8 cm³/mol. The molecular formula is C14H18BrNO. The van der Waals surface area contributed by atoms with Crippen molar-refractivity contribution in [3.8, 4) is 0 Å². The highest BCUT2D eigenvalue weighted by atomic mass is 79.9. The summed E-state index contributed by atoms with van der Waals surface area (Å²) >= 11 is 3.42. The molecule has 1 saturated heterocycles. The molecule has 0 aromatic heterocycles. The number of carbonyl (C=O) groups is 1. The van der Waals surface area contributed by atoms with Crippen LogP contribution in [-0.2, 0) is 0 Å². The second-order valence-electron chi connectivity index (χ2n) is 5.55. The molecule has 0 saturated carbocycles. The summed E-state index contributed by atoms with van der Waals surface area (Å²) in [5.41, 5.74) is 2.24. The van der Waals surface area contributed by atoms with Crippen LogP contribution in [0.15, 0.2) is 22.7 Å². The third kappa shape index (κ3) is 2.71. The van der Waals surface area contributed by atoms with Crippen LogP contribution >= 0.6 is 15.9 Å². The van der Waals surface area contributed by atoms with Crippen molar-refractivity contribution in [2.75, 3.05) is 18.0 Å². The summed E-state index contributed by atoms with van der Waals surface area (Å²) in [5, 5.41) is 0. The molecule has 17 heavy (non-hydrogen) atoms. The molecule has 0 amide bonds. The van der Waals surface area contributed by atoms with Crippen LogP contribution in [0.5, 0.6) is 0 Å². The number of ketones is 1. The first-order chi connectivity index (χ1) is 7.89. The Morgan fingerprint density at radius 1 is 1.41 bits per heavy atom. The highest BCUT2D eigenvalue weighted by Gasteiger charge is 2.30. The van der Waals surface area contributed by atoms with Gasteiger partial charge in [0.15, 0.2) is 5.78 Å². The third-order valence-corrected chi connectivity index (χ3v) is 3.85. The van der Waals surface area contributed by atoms with E-state index in [0.29, 0.717) is 5.41 Å². The van der Waals surface area contributed by atoms with Crippen molar-refractivity contribution in [3.63, 3.8) is 0 Å². The van der Waals surface area contributed by atoms with Gasteiger partial charge in [-0.1, -0.05) is 29.8 Å². The monoisotopic (exact) mass is 295 g/mol. The van der Waals surface area contributed by atoms with Crippen molar-refractivity contribution in [2.24, 2.45) is 5.41 Å². The summed E-state index contributed by atoms with van der Waals surface area (Å²) < 4.78 is 0.963. The van der Waals surface area contributed by atoms with Crippen molar-refractivity contribution in [3.05, 3.63) is 28.2 Å². The van der Waals surface area contributed by atoms with Crippen LogP contribution in [0.2, 0.25) is 0 Å². The zero-order chi connectivity index (χ0) is 12.6. The summed E-state index contributed by atoms with van der Waals surface area (Å²) in [6, 6.07) is 5.97. The molecule has 1 aromatic carbocycles. The van der Waals surface area contributed by atoms with Gasteiger partial charge < -0.3 is 4.90 Å². The zero-order valence-electron chi connectivity index (χ0n) is 10.6. The fourth-order valence-corrected chi connectivity index (χ4v) is 2.75. The molecule has 0 radical (unpaired) electrons. The van der Waals surface area contributed by atoms with E-state index in [2.05, 4.69) is 34.7 Å². The molecule has 0 unspecified atom stereocenters. The van der Waals surface area contributed by atoms with Crippen LogP contribution in [0.25, 0.3) is 0 Å². The minimum absolute atomic E-state index is 0.131. The van der Waals surface area contributed by atoms with Crippen LogP contribution in [0.4, 0.5) is 5.69 Å². The Balaban J connectivity index is 2.36. The minimum Gasteiger partial charge on any atom is -0.370 e. The second kappa shape index (κ2) is 4.45. The van der Waals surface area contributed by atoms with Gasteiger partial charge in [-0.25, -0.2) is 0 Å². The van der Waals surface area contributed by atoms with Gasteiger partial charge in [0.05, 0.1) is 0 Å². The lowest BCUT2D eigenvalue weighted by molar-refractivity contribution is 0.101. The standard InChI is InChI=1S/C14H18BrNO/c1-10(17)12-8-11(15)4-5-13(12)16-7-6-14(2,3)9-16/h4-5,8H,6-7,9H2,1-3H3. The number of hydrogen-bond donors (Lipinski definition) is 0. The Labute approximate surface area is 111 Å². The maximum absolute atomic E-state index is 11.7. The summed E-state index contributed by atoms with van der Waals surface area (Å²) in [4.78, 5) is 14.0.